The van der Waals surface area contributed by atoms with Crippen LogP contribution in [0.1, 0.15) is 111 Å². The maximum Gasteiger partial charge on any atom is 0.0783 e. The summed E-state index contributed by atoms with van der Waals surface area (Å²) in [6.07, 6.45) is 17.9. The molecule has 0 N–H and O–H groups in total. The molecule has 0 aliphatic heterocycles. The van der Waals surface area contributed by atoms with E-state index in [-0.39, 0.29) is 4.65 Å². The fourth-order valence-electron chi connectivity index (χ4n) is 3.12. The number of rotatable bonds is 17. The van der Waals surface area contributed by atoms with E-state index < -0.39 is 0 Å². The van der Waals surface area contributed by atoms with Gasteiger partial charge in [0.1, 0.15) is 0 Å². The van der Waals surface area contributed by atoms with Crippen molar-refractivity contribution in [2.24, 2.45) is 0 Å². The summed E-state index contributed by atoms with van der Waals surface area (Å²) in [5, 5.41) is 12.8. The van der Waals surface area contributed by atoms with E-state index in [1.54, 1.807) is 0 Å². The standard InChI is InChI=1S/C20H43NO/c1-4-7-10-11-12-13-14-15-16-17-20-21(22,18-8-5-2)19-9-6-3/h4-20H2,1-3H3. The zero-order chi connectivity index (χ0) is 16.5. The second kappa shape index (κ2) is 15.8. The first-order valence-corrected chi connectivity index (χ1v) is 10.3. The van der Waals surface area contributed by atoms with E-state index in [1.165, 1.54) is 57.8 Å². The summed E-state index contributed by atoms with van der Waals surface area (Å²) < 4.78 is 0.0820. The Labute approximate surface area is 140 Å². The van der Waals surface area contributed by atoms with Gasteiger partial charge in [-0.15, -0.1) is 0 Å². The first-order chi connectivity index (χ1) is 10.7. The van der Waals surface area contributed by atoms with Crippen LogP contribution in [-0.4, -0.2) is 24.3 Å². The van der Waals surface area contributed by atoms with Crippen LogP contribution >= 0.6 is 0 Å². The van der Waals surface area contributed by atoms with Gasteiger partial charge in [-0.05, 0) is 25.7 Å². The molecule has 0 heterocycles. The molecule has 0 amide bonds. The van der Waals surface area contributed by atoms with E-state index in [4.69, 9.17) is 0 Å². The third kappa shape index (κ3) is 13.6. The normalized spacial score (nSPS) is 12.0. The molecule has 0 aromatic carbocycles. The molecule has 0 unspecified atom stereocenters. The topological polar surface area (TPSA) is 23.1 Å². The van der Waals surface area contributed by atoms with E-state index in [2.05, 4.69) is 20.8 Å². The van der Waals surface area contributed by atoms with E-state index in [9.17, 15) is 5.21 Å². The van der Waals surface area contributed by atoms with Crippen LogP contribution in [0.25, 0.3) is 0 Å². The molecular formula is C20H43NO. The maximum absolute atomic E-state index is 12.8. The van der Waals surface area contributed by atoms with E-state index in [0.717, 1.165) is 51.7 Å². The van der Waals surface area contributed by atoms with Crippen LogP contribution in [0.15, 0.2) is 0 Å². The highest BCUT2D eigenvalue weighted by molar-refractivity contribution is 4.51. The molecule has 0 radical (unpaired) electrons. The average Bonchev–Trinajstić information content (AvgIpc) is 2.53. The summed E-state index contributed by atoms with van der Waals surface area (Å²) >= 11 is 0. The lowest BCUT2D eigenvalue weighted by Crippen LogP contribution is -2.44. The van der Waals surface area contributed by atoms with Crippen LogP contribution < -0.4 is 0 Å². The van der Waals surface area contributed by atoms with Crippen molar-refractivity contribution < 1.29 is 4.65 Å². The SMILES string of the molecule is CCCCCCCCCCCC[N+]([O-])(CCCC)CCCC. The summed E-state index contributed by atoms with van der Waals surface area (Å²) in [5.41, 5.74) is 0. The Balaban J connectivity index is 3.58. The minimum atomic E-state index is 0.0820. The Morgan fingerprint density at radius 3 is 1.18 bits per heavy atom. The van der Waals surface area contributed by atoms with Crippen LogP contribution in [0.2, 0.25) is 0 Å². The molecule has 0 aromatic rings. The molecule has 0 aliphatic carbocycles. The number of hydroxylamine groups is 3. The van der Waals surface area contributed by atoms with E-state index in [0.29, 0.717) is 0 Å². The lowest BCUT2D eigenvalue weighted by Gasteiger charge is -2.43. The highest BCUT2D eigenvalue weighted by Gasteiger charge is 2.14. The zero-order valence-corrected chi connectivity index (χ0v) is 15.9. The van der Waals surface area contributed by atoms with Gasteiger partial charge in [0, 0.05) is 0 Å². The molecule has 0 atom stereocenters. The van der Waals surface area contributed by atoms with Gasteiger partial charge in [-0.1, -0.05) is 85.0 Å². The molecule has 2 nitrogen and oxygen atoms in total. The van der Waals surface area contributed by atoms with Crippen molar-refractivity contribution in [1.29, 1.82) is 0 Å². The fraction of sp³-hybridized carbons (Fsp3) is 1.00. The Kier molecular flexibility index (Phi) is 15.7. The number of nitrogens with zero attached hydrogens (tertiary/aromatic N) is 1. The monoisotopic (exact) mass is 313 g/mol. The number of hydrogen-bond acceptors (Lipinski definition) is 1. The third-order valence-corrected chi connectivity index (χ3v) is 4.76. The molecule has 22 heavy (non-hydrogen) atoms. The molecule has 0 spiro atoms. The molecule has 134 valence electrons. The first-order valence-electron chi connectivity index (χ1n) is 10.3. The minimum absolute atomic E-state index is 0.0820. The number of unbranched alkanes of at least 4 members (excludes halogenated alkanes) is 11. The van der Waals surface area contributed by atoms with Crippen LogP contribution in [0, 0.1) is 5.21 Å². The molecule has 0 rings (SSSR count). The summed E-state index contributed by atoms with van der Waals surface area (Å²) in [6.45, 7) is 9.18. The predicted octanol–water partition coefficient (Wildman–Crippen LogP) is 6.82. The fourth-order valence-corrected chi connectivity index (χ4v) is 3.12. The molecule has 0 bridgehead atoms. The van der Waals surface area contributed by atoms with Gasteiger partial charge in [-0.25, -0.2) is 0 Å². The van der Waals surface area contributed by atoms with Gasteiger partial charge in [0.2, 0.25) is 0 Å². The van der Waals surface area contributed by atoms with Gasteiger partial charge < -0.3 is 9.85 Å². The van der Waals surface area contributed by atoms with E-state index in [1.807, 2.05) is 0 Å². The van der Waals surface area contributed by atoms with Crippen LogP contribution in [0.5, 0.6) is 0 Å². The van der Waals surface area contributed by atoms with Gasteiger partial charge in [-0.2, -0.15) is 0 Å². The Morgan fingerprint density at radius 2 is 0.773 bits per heavy atom. The highest BCUT2D eigenvalue weighted by atomic mass is 16.5. The highest BCUT2D eigenvalue weighted by Crippen LogP contribution is 2.15. The van der Waals surface area contributed by atoms with Crippen molar-refractivity contribution in [3.8, 4) is 0 Å². The summed E-state index contributed by atoms with van der Waals surface area (Å²) in [6, 6.07) is 0. The van der Waals surface area contributed by atoms with Gasteiger partial charge >= 0.3 is 0 Å². The van der Waals surface area contributed by atoms with Crippen molar-refractivity contribution in [2.75, 3.05) is 19.6 Å². The van der Waals surface area contributed by atoms with Gasteiger partial charge in [0.25, 0.3) is 0 Å². The largest absolute Gasteiger partial charge is 0.633 e. The summed E-state index contributed by atoms with van der Waals surface area (Å²) in [7, 11) is 0. The van der Waals surface area contributed by atoms with Crippen LogP contribution in [-0.2, 0) is 0 Å². The Hall–Kier alpha value is -0.0800. The van der Waals surface area contributed by atoms with Crippen molar-refractivity contribution in [1.82, 2.24) is 0 Å². The number of hydrogen-bond donors (Lipinski definition) is 0. The molecule has 0 aromatic heterocycles. The third-order valence-electron chi connectivity index (χ3n) is 4.76. The van der Waals surface area contributed by atoms with Crippen molar-refractivity contribution in [3.05, 3.63) is 5.21 Å². The van der Waals surface area contributed by atoms with Crippen molar-refractivity contribution in [2.45, 2.75) is 111 Å². The molecular weight excluding hydrogens is 270 g/mol. The predicted molar refractivity (Wildman–Crippen MR) is 99.9 cm³/mol. The second-order valence-corrected chi connectivity index (χ2v) is 7.12. The second-order valence-electron chi connectivity index (χ2n) is 7.12. The van der Waals surface area contributed by atoms with Gasteiger partial charge in [0.15, 0.2) is 0 Å². The smallest absolute Gasteiger partial charge is 0.0783 e. The molecule has 0 aliphatic rings. The maximum atomic E-state index is 12.8. The van der Waals surface area contributed by atoms with Crippen LogP contribution in [0.3, 0.4) is 0 Å². The van der Waals surface area contributed by atoms with Gasteiger partial charge in [-0.3, -0.25) is 0 Å². The number of quaternary nitrogens is 1. The zero-order valence-electron chi connectivity index (χ0n) is 15.9. The Bertz CT molecular complexity index is 210. The van der Waals surface area contributed by atoms with Gasteiger partial charge in [0.05, 0.1) is 19.6 Å². The molecule has 2 heteroatoms. The summed E-state index contributed by atoms with van der Waals surface area (Å²) in [4.78, 5) is 0. The lowest BCUT2D eigenvalue weighted by molar-refractivity contribution is -0.881. The minimum Gasteiger partial charge on any atom is -0.633 e. The average molecular weight is 314 g/mol. The van der Waals surface area contributed by atoms with Crippen LogP contribution in [0.4, 0.5) is 0 Å². The lowest BCUT2D eigenvalue weighted by atomic mass is 10.1. The first kappa shape index (κ1) is 21.9. The summed E-state index contributed by atoms with van der Waals surface area (Å²) in [5.74, 6) is 0. The molecule has 0 saturated heterocycles. The van der Waals surface area contributed by atoms with Crippen molar-refractivity contribution in [3.63, 3.8) is 0 Å². The quantitative estimate of drug-likeness (QED) is 0.164. The molecule has 0 saturated carbocycles. The van der Waals surface area contributed by atoms with Crippen molar-refractivity contribution >= 4 is 0 Å². The van der Waals surface area contributed by atoms with E-state index >= 15 is 0 Å². The molecule has 0 fully saturated rings. The Morgan fingerprint density at radius 1 is 0.455 bits per heavy atom.